The van der Waals surface area contributed by atoms with E-state index >= 15 is 0 Å². The van der Waals surface area contributed by atoms with Gasteiger partial charge in [-0.25, -0.2) is 4.79 Å². The van der Waals surface area contributed by atoms with Crippen LogP contribution in [0.2, 0.25) is 0 Å². The van der Waals surface area contributed by atoms with E-state index in [9.17, 15) is 14.7 Å². The number of rotatable bonds is 7. The molecule has 0 radical (unpaired) electrons. The van der Waals surface area contributed by atoms with Crippen molar-refractivity contribution >= 4 is 23.4 Å². The van der Waals surface area contributed by atoms with E-state index in [0.29, 0.717) is 36.5 Å². The van der Waals surface area contributed by atoms with Crippen molar-refractivity contribution in [3.8, 4) is 5.75 Å². The van der Waals surface area contributed by atoms with Crippen LogP contribution in [0.3, 0.4) is 0 Å². The molecule has 150 valence electrons. The number of fused-ring (bicyclic) bond motifs is 1. The number of aliphatic hydroxyl groups is 1. The van der Waals surface area contributed by atoms with E-state index in [1.54, 1.807) is 19.1 Å². The first kappa shape index (κ1) is 21.0. The first-order valence-corrected chi connectivity index (χ1v) is 9.15. The number of ether oxygens (including phenoxy) is 2. The molecule has 1 unspecified atom stereocenters. The van der Waals surface area contributed by atoms with Gasteiger partial charge in [0, 0.05) is 29.8 Å². The summed E-state index contributed by atoms with van der Waals surface area (Å²) >= 11 is 0. The van der Waals surface area contributed by atoms with Gasteiger partial charge in [0.05, 0.1) is 12.3 Å². The maximum atomic E-state index is 11.8. The highest BCUT2D eigenvalue weighted by Crippen LogP contribution is 2.38. The fraction of sp³-hybridized carbons (Fsp3) is 0.579. The van der Waals surface area contributed by atoms with Crippen molar-refractivity contribution in [2.45, 2.75) is 52.2 Å². The number of carbonyl (C=O) groups excluding carboxylic acids is 2. The largest absolute Gasteiger partial charge is 0.488 e. The molecule has 0 bridgehead atoms. The van der Waals surface area contributed by atoms with Gasteiger partial charge in [-0.2, -0.15) is 0 Å². The summed E-state index contributed by atoms with van der Waals surface area (Å²) in [6, 6.07) is 3.37. The van der Waals surface area contributed by atoms with Crippen LogP contribution in [0.15, 0.2) is 12.1 Å². The maximum absolute atomic E-state index is 11.8. The molecule has 27 heavy (non-hydrogen) atoms. The fourth-order valence-corrected chi connectivity index (χ4v) is 2.65. The van der Waals surface area contributed by atoms with Gasteiger partial charge in [-0.3, -0.25) is 10.1 Å². The van der Waals surface area contributed by atoms with Gasteiger partial charge in [0.2, 0.25) is 5.91 Å². The Hall–Kier alpha value is -2.32. The van der Waals surface area contributed by atoms with Crippen LogP contribution in [0, 0.1) is 0 Å². The molecule has 0 aliphatic carbocycles. The monoisotopic (exact) mass is 379 g/mol. The lowest BCUT2D eigenvalue weighted by atomic mass is 10.0. The molecule has 0 aromatic heterocycles. The summed E-state index contributed by atoms with van der Waals surface area (Å²) < 4.78 is 10.8. The third kappa shape index (κ3) is 6.41. The topological polar surface area (TPSA) is 109 Å². The molecular formula is C19H29N3O5. The summed E-state index contributed by atoms with van der Waals surface area (Å²) in [5.74, 6) is 0.379. The van der Waals surface area contributed by atoms with E-state index in [0.717, 1.165) is 5.56 Å². The summed E-state index contributed by atoms with van der Waals surface area (Å²) in [4.78, 5) is 23.5. The molecule has 1 aliphatic rings. The average molecular weight is 379 g/mol. The number of hydrogen-bond donors (Lipinski definition) is 4. The number of β-amino-alcohol motifs (C(OH)–C–C–N with tert-alkyl or cyclic N) is 1. The third-order valence-corrected chi connectivity index (χ3v) is 3.94. The van der Waals surface area contributed by atoms with E-state index in [1.807, 2.05) is 20.8 Å². The Morgan fingerprint density at radius 3 is 2.74 bits per heavy atom. The van der Waals surface area contributed by atoms with E-state index in [4.69, 9.17) is 9.47 Å². The highest BCUT2D eigenvalue weighted by Gasteiger charge is 2.23. The van der Waals surface area contributed by atoms with Gasteiger partial charge in [-0.05, 0) is 46.2 Å². The number of nitrogens with one attached hydrogen (secondary N) is 3. The Morgan fingerprint density at radius 1 is 1.33 bits per heavy atom. The Kier molecular flexibility index (Phi) is 7.04. The molecule has 8 heteroatoms. The molecule has 8 nitrogen and oxygen atoms in total. The van der Waals surface area contributed by atoms with E-state index < -0.39 is 12.2 Å². The molecule has 1 aliphatic heterocycles. The minimum absolute atomic E-state index is 0.0466. The van der Waals surface area contributed by atoms with E-state index in [1.165, 1.54) is 0 Å². The normalized spacial score (nSPS) is 14.8. The first-order valence-electron chi connectivity index (χ1n) is 9.15. The lowest BCUT2D eigenvalue weighted by Crippen LogP contribution is -2.42. The van der Waals surface area contributed by atoms with Crippen LogP contribution in [0.25, 0.3) is 0 Å². The number of carbonyl (C=O) groups is 2. The van der Waals surface area contributed by atoms with E-state index in [2.05, 4.69) is 16.0 Å². The van der Waals surface area contributed by atoms with Gasteiger partial charge in [0.25, 0.3) is 0 Å². The van der Waals surface area contributed by atoms with Gasteiger partial charge < -0.3 is 25.2 Å². The molecular weight excluding hydrogens is 350 g/mol. The Morgan fingerprint density at radius 2 is 2.07 bits per heavy atom. The molecule has 1 aromatic carbocycles. The quantitative estimate of drug-likeness (QED) is 0.579. The second-order valence-corrected chi connectivity index (χ2v) is 7.46. The van der Waals surface area contributed by atoms with Crippen LogP contribution in [-0.2, 0) is 16.0 Å². The second kappa shape index (κ2) is 9.05. The number of amides is 2. The molecule has 0 fully saturated rings. The fourth-order valence-electron chi connectivity index (χ4n) is 2.65. The average Bonchev–Trinajstić information content (AvgIpc) is 2.58. The van der Waals surface area contributed by atoms with Crippen LogP contribution in [0.1, 0.15) is 39.7 Å². The maximum Gasteiger partial charge on any atom is 0.411 e. The smallest absolute Gasteiger partial charge is 0.411 e. The van der Waals surface area contributed by atoms with Gasteiger partial charge >= 0.3 is 6.09 Å². The lowest BCUT2D eigenvalue weighted by Gasteiger charge is -2.25. The highest BCUT2D eigenvalue weighted by molar-refractivity contribution is 5.96. The number of hydrogen-bond acceptors (Lipinski definition) is 6. The molecule has 0 saturated carbocycles. The highest BCUT2D eigenvalue weighted by atomic mass is 16.5. The Labute approximate surface area is 159 Å². The zero-order valence-corrected chi connectivity index (χ0v) is 16.3. The number of aliphatic hydroxyl groups excluding tert-OH is 1. The molecule has 0 saturated heterocycles. The molecule has 0 spiro atoms. The summed E-state index contributed by atoms with van der Waals surface area (Å²) in [5.41, 5.74) is 1.77. The van der Waals surface area contributed by atoms with Crippen molar-refractivity contribution < 1.29 is 24.2 Å². The van der Waals surface area contributed by atoms with Crippen molar-refractivity contribution in [3.63, 3.8) is 0 Å². The van der Waals surface area contributed by atoms with Crippen LogP contribution in [-0.4, -0.2) is 48.5 Å². The van der Waals surface area contributed by atoms with Gasteiger partial charge in [0.15, 0.2) is 0 Å². The van der Waals surface area contributed by atoms with Crippen molar-refractivity contribution in [1.82, 2.24) is 5.32 Å². The molecule has 1 heterocycles. The van der Waals surface area contributed by atoms with E-state index in [-0.39, 0.29) is 24.7 Å². The zero-order chi connectivity index (χ0) is 20.0. The van der Waals surface area contributed by atoms with Gasteiger partial charge in [0.1, 0.15) is 18.5 Å². The summed E-state index contributed by atoms with van der Waals surface area (Å²) in [5, 5.41) is 18.9. The minimum Gasteiger partial charge on any atom is -0.488 e. The summed E-state index contributed by atoms with van der Waals surface area (Å²) in [6.45, 7) is 8.42. The van der Waals surface area contributed by atoms with Gasteiger partial charge in [-0.15, -0.1) is 0 Å². The Bertz CT molecular complexity index is 685. The SMILES string of the molecule is CCOC(=O)Nc1ccc2c(c1OCC(O)CNC(C)(C)C)CCC(=O)N2. The van der Waals surface area contributed by atoms with Crippen LogP contribution in [0.5, 0.6) is 5.75 Å². The third-order valence-electron chi connectivity index (χ3n) is 3.94. The molecule has 1 aromatic rings. The number of anilines is 2. The molecule has 1 atom stereocenters. The van der Waals surface area contributed by atoms with Crippen molar-refractivity contribution in [1.29, 1.82) is 0 Å². The molecule has 4 N–H and O–H groups in total. The number of benzene rings is 1. The lowest BCUT2D eigenvalue weighted by molar-refractivity contribution is -0.116. The van der Waals surface area contributed by atoms with Crippen molar-refractivity contribution in [2.75, 3.05) is 30.4 Å². The predicted octanol–water partition coefficient (Wildman–Crippen LogP) is 2.27. The van der Waals surface area contributed by atoms with Gasteiger partial charge in [-0.1, -0.05) is 0 Å². The first-order chi connectivity index (χ1) is 12.7. The van der Waals surface area contributed by atoms with Crippen LogP contribution < -0.4 is 20.7 Å². The molecule has 2 rings (SSSR count). The predicted molar refractivity (Wildman–Crippen MR) is 103 cm³/mol. The van der Waals surface area contributed by atoms with Crippen molar-refractivity contribution in [3.05, 3.63) is 17.7 Å². The Balaban J connectivity index is 2.16. The van der Waals surface area contributed by atoms with Crippen molar-refractivity contribution in [2.24, 2.45) is 0 Å². The second-order valence-electron chi connectivity index (χ2n) is 7.46. The summed E-state index contributed by atoms with van der Waals surface area (Å²) in [7, 11) is 0. The van der Waals surface area contributed by atoms with Crippen LogP contribution in [0.4, 0.5) is 16.2 Å². The molecule has 2 amide bonds. The zero-order valence-electron chi connectivity index (χ0n) is 16.3. The van der Waals surface area contributed by atoms with Crippen LogP contribution >= 0.6 is 0 Å². The minimum atomic E-state index is -0.728. The standard InChI is InChI=1S/C19H29N3O5/c1-5-26-18(25)22-15-8-7-14-13(6-9-16(24)21-14)17(15)27-11-12(23)10-20-19(2,3)4/h7-8,12,20,23H,5-6,9-11H2,1-4H3,(H,21,24)(H,22,25). The summed E-state index contributed by atoms with van der Waals surface area (Å²) in [6.07, 6.45) is -0.489.